The molecule has 61 heavy (non-hydrogen) atoms. The standard InChI is InChI=1S/C16H8N2O8S2.C10H8N2O10S2.C4H4N2OS2/c19-13-9-5-1-3-7-11(9)27(23,24)17(13)15(21)16(22)18-14(20)10-6-2-4-8-12(10)28(18,25)26;1-5-3-7(13)11(23(17,18)21-5)9(15)10(16)12-8(14)4-6(2)22-24(12,19)20;1-3-5-6(2-7)4(8)9-3/h1-8H;3-4H,1-2H3;2H,1H3. The number of allylic oxidation sites excluding steroid dienone is 2. The average molecular weight is 961 g/mol. The molecular formula is C30H20N6O19S6. The third kappa shape index (κ3) is 8.15. The largest absolute Gasteiger partial charge is 0.419 e. The molecule has 2 aromatic carbocycles. The van der Waals surface area contributed by atoms with Gasteiger partial charge in [-0.2, -0.15) is 35.2 Å². The number of aromatic nitrogens is 2. The van der Waals surface area contributed by atoms with Crippen molar-refractivity contribution >= 4 is 118 Å². The van der Waals surface area contributed by atoms with Crippen LogP contribution >= 0.6 is 23.6 Å². The molecule has 0 atom stereocenters. The molecule has 25 nitrogen and oxygen atoms in total. The Morgan fingerprint density at radius 3 is 1.23 bits per heavy atom. The van der Waals surface area contributed by atoms with Crippen LogP contribution < -0.4 is 0 Å². The summed E-state index contributed by atoms with van der Waals surface area (Å²) in [5.74, 6) is -14.5. The summed E-state index contributed by atoms with van der Waals surface area (Å²) in [7, 11) is -19.5. The maximum absolute atomic E-state index is 12.5. The molecule has 0 radical (unpaired) electrons. The van der Waals surface area contributed by atoms with E-state index in [0.29, 0.717) is 22.5 Å². The Morgan fingerprint density at radius 1 is 0.607 bits per heavy atom. The fourth-order valence-corrected chi connectivity index (χ4v) is 11.1. The lowest BCUT2D eigenvalue weighted by Crippen LogP contribution is -2.54. The first-order valence-corrected chi connectivity index (χ1v) is 22.5. The Morgan fingerprint density at radius 2 is 0.951 bits per heavy atom. The van der Waals surface area contributed by atoms with Crippen LogP contribution in [-0.4, -0.2) is 114 Å². The Bertz CT molecular complexity index is 2970. The number of amides is 8. The number of hydrogen-bond acceptors (Lipinski definition) is 22. The highest BCUT2D eigenvalue weighted by Gasteiger charge is 2.54. The van der Waals surface area contributed by atoms with Crippen molar-refractivity contribution in [3.63, 3.8) is 0 Å². The Balaban J connectivity index is 0.000000194. The van der Waals surface area contributed by atoms with Crippen molar-refractivity contribution in [2.24, 2.45) is 0 Å². The lowest BCUT2D eigenvalue weighted by molar-refractivity contribution is -0.152. The van der Waals surface area contributed by atoms with Crippen molar-refractivity contribution in [2.45, 2.75) is 30.6 Å². The van der Waals surface area contributed by atoms with Crippen LogP contribution in [0.3, 0.4) is 0 Å². The van der Waals surface area contributed by atoms with E-state index in [2.05, 4.69) is 13.5 Å². The second-order valence-electron chi connectivity index (χ2n) is 11.6. The van der Waals surface area contributed by atoms with Gasteiger partial charge < -0.3 is 8.37 Å². The topological polar surface area (TPSA) is 339 Å². The summed E-state index contributed by atoms with van der Waals surface area (Å²) in [6.07, 6.45) is 1.77. The molecule has 0 unspecified atom stereocenters. The average Bonchev–Trinajstić information content (AvgIpc) is 3.67. The van der Waals surface area contributed by atoms with Crippen LogP contribution in [0.15, 0.2) is 82.0 Å². The predicted octanol–water partition coefficient (Wildman–Crippen LogP) is -1.20. The number of rotatable bonds is 1. The monoisotopic (exact) mass is 960 g/mol. The molecule has 0 bridgehead atoms. The van der Waals surface area contributed by atoms with E-state index in [1.807, 2.05) is 0 Å². The van der Waals surface area contributed by atoms with Crippen LogP contribution in [0, 0.1) is 10.9 Å². The van der Waals surface area contributed by atoms with Gasteiger partial charge in [0.25, 0.3) is 43.7 Å². The first-order chi connectivity index (χ1) is 28.2. The van der Waals surface area contributed by atoms with Gasteiger partial charge in [-0.3, -0.25) is 43.2 Å². The van der Waals surface area contributed by atoms with Gasteiger partial charge in [-0.15, -0.1) is 8.61 Å². The van der Waals surface area contributed by atoms with Crippen molar-refractivity contribution in [3.8, 4) is 0 Å². The van der Waals surface area contributed by atoms with Gasteiger partial charge >= 0.3 is 44.2 Å². The minimum Gasteiger partial charge on any atom is -0.371 e. The fourth-order valence-electron chi connectivity index (χ4n) is 5.12. The van der Waals surface area contributed by atoms with Crippen LogP contribution in [-0.2, 0) is 82.6 Å². The predicted molar refractivity (Wildman–Crippen MR) is 199 cm³/mol. The lowest BCUT2D eigenvalue weighted by atomic mass is 10.2. The highest BCUT2D eigenvalue weighted by atomic mass is 32.2. The molecule has 1 aromatic heterocycles. The number of fused-ring (bicyclic) bond motifs is 2. The molecule has 0 saturated carbocycles. The minimum atomic E-state index is -5.01. The van der Waals surface area contributed by atoms with Gasteiger partial charge in [-0.1, -0.05) is 35.6 Å². The summed E-state index contributed by atoms with van der Waals surface area (Å²) in [6.45, 7) is 4.00. The molecule has 4 aliphatic heterocycles. The molecule has 8 amide bonds. The van der Waals surface area contributed by atoms with Crippen LogP contribution in [0.1, 0.15) is 39.6 Å². The number of sulfonamides is 2. The van der Waals surface area contributed by atoms with Gasteiger partial charge in [-0.05, 0) is 57.3 Å². The fraction of sp³-hybridized carbons (Fsp3) is 0.100. The molecule has 3 aromatic rings. The molecule has 7 rings (SSSR count). The molecule has 0 aliphatic carbocycles. The molecule has 0 N–H and O–H groups in total. The molecule has 0 saturated heterocycles. The third-order valence-electron chi connectivity index (χ3n) is 7.49. The molecule has 0 fully saturated rings. The molecule has 5 heterocycles. The van der Waals surface area contributed by atoms with E-state index in [-0.39, 0.29) is 31.3 Å². The molecule has 320 valence electrons. The van der Waals surface area contributed by atoms with Crippen LogP contribution in [0.5, 0.6) is 0 Å². The number of carbonyl (C=O) groups is 9. The maximum atomic E-state index is 12.5. The van der Waals surface area contributed by atoms with E-state index in [9.17, 15) is 76.8 Å². The lowest BCUT2D eigenvalue weighted by Gasteiger charge is -2.26. The quantitative estimate of drug-likeness (QED) is 0.157. The number of imide groups is 4. The summed E-state index contributed by atoms with van der Waals surface area (Å²) < 4.78 is 105. The first kappa shape index (κ1) is 45.4. The number of nitrogens with zero attached hydrogens (tertiary/aromatic N) is 6. The zero-order chi connectivity index (χ0) is 45.7. The van der Waals surface area contributed by atoms with Gasteiger partial charge in [0.05, 0.1) is 11.1 Å². The summed E-state index contributed by atoms with van der Waals surface area (Å²) in [6, 6.07) is 9.73. The van der Waals surface area contributed by atoms with Crippen molar-refractivity contribution in [2.75, 3.05) is 0 Å². The van der Waals surface area contributed by atoms with E-state index < -0.39 is 106 Å². The summed E-state index contributed by atoms with van der Waals surface area (Å²) >= 11 is 6.09. The van der Waals surface area contributed by atoms with Gasteiger partial charge in [0.2, 0.25) is 6.41 Å². The molecule has 31 heteroatoms. The Hall–Kier alpha value is -6.67. The van der Waals surface area contributed by atoms with E-state index in [4.69, 9.17) is 12.2 Å². The van der Waals surface area contributed by atoms with Gasteiger partial charge in [0.15, 0.2) is 3.95 Å². The SMILES string of the molecule is CC1=CC(=O)N(C(=O)C(=O)N2C(=O)C=C(C)OS2(=O)=O)S(=O)(=O)O1.Cc1nn(C=O)c(=S)s1.O=C(C(=O)N1C(=O)c2ccccc2S1(=O)=O)N1C(=O)c2ccccc2S1(=O)=O. The second-order valence-corrected chi connectivity index (χ2v) is 19.7. The van der Waals surface area contributed by atoms with Crippen LogP contribution in [0.4, 0.5) is 0 Å². The van der Waals surface area contributed by atoms with Crippen LogP contribution in [0.25, 0.3) is 0 Å². The van der Waals surface area contributed by atoms with Crippen molar-refractivity contribution in [1.82, 2.24) is 27.0 Å². The normalized spacial score (nSPS) is 18.7. The van der Waals surface area contributed by atoms with E-state index in [1.54, 1.807) is 6.92 Å². The first-order valence-electron chi connectivity index (χ1n) is 15.7. The van der Waals surface area contributed by atoms with E-state index in [0.717, 1.165) is 47.8 Å². The second kappa shape index (κ2) is 16.1. The molecular weight excluding hydrogens is 941 g/mol. The maximum Gasteiger partial charge on any atom is 0.419 e. The van der Waals surface area contributed by atoms with E-state index in [1.165, 1.54) is 35.6 Å². The van der Waals surface area contributed by atoms with E-state index >= 15 is 0 Å². The summed E-state index contributed by atoms with van der Waals surface area (Å²) in [5, 5.41) is 4.60. The zero-order valence-electron chi connectivity index (χ0n) is 30.2. The minimum absolute atomic E-state index is 0.328. The van der Waals surface area contributed by atoms with Crippen LogP contribution in [0.2, 0.25) is 0 Å². The van der Waals surface area contributed by atoms with Gasteiger partial charge in [0.1, 0.15) is 26.3 Å². The number of benzene rings is 2. The van der Waals surface area contributed by atoms with Crippen molar-refractivity contribution in [1.29, 1.82) is 0 Å². The summed E-state index contributed by atoms with van der Waals surface area (Å²) in [4.78, 5) is 106. The summed E-state index contributed by atoms with van der Waals surface area (Å²) in [5.41, 5.74) is -0.690. The highest BCUT2D eigenvalue weighted by Crippen LogP contribution is 2.33. The Labute approximate surface area is 351 Å². The van der Waals surface area contributed by atoms with Gasteiger partial charge in [0, 0.05) is 12.2 Å². The third-order valence-corrected chi connectivity index (χ3v) is 14.6. The number of aryl methyl sites for hydroxylation is 1. The zero-order valence-corrected chi connectivity index (χ0v) is 35.1. The molecule has 0 spiro atoms. The smallest absolute Gasteiger partial charge is 0.371 e. The number of carbonyl (C=O) groups excluding carboxylic acids is 9. The highest BCUT2D eigenvalue weighted by molar-refractivity contribution is 7.91. The van der Waals surface area contributed by atoms with Crippen molar-refractivity contribution in [3.05, 3.63) is 92.3 Å². The van der Waals surface area contributed by atoms with Crippen molar-refractivity contribution < 1.29 is 85.2 Å². The van der Waals surface area contributed by atoms with Gasteiger partial charge in [-0.25, -0.2) is 16.8 Å². The number of hydrogen-bond donors (Lipinski definition) is 0. The Kier molecular flexibility index (Phi) is 12.0. The molecule has 4 aliphatic rings.